The van der Waals surface area contributed by atoms with E-state index in [0.29, 0.717) is 5.06 Å². The smallest absolute Gasteiger partial charge is 0.338 e. The molecule has 1 aromatic heterocycles. The third-order valence-electron chi connectivity index (χ3n) is 1.36. The fraction of sp³-hybridized carbons (Fsp3) is 0.286. The van der Waals surface area contributed by atoms with E-state index in [1.165, 1.54) is 11.3 Å². The summed E-state index contributed by atoms with van der Waals surface area (Å²) in [5, 5.41) is 9.45. The van der Waals surface area contributed by atoms with Gasteiger partial charge >= 0.3 is 6.03 Å². The molecule has 0 saturated heterocycles. The van der Waals surface area contributed by atoms with E-state index >= 15 is 0 Å². The Morgan fingerprint density at radius 3 is 2.83 bits per heavy atom. The van der Waals surface area contributed by atoms with E-state index in [4.69, 9.17) is 10.9 Å². The number of carbonyl (C=O) groups excluding carboxylic acids is 1. The lowest BCUT2D eigenvalue weighted by Crippen LogP contribution is -2.31. The molecule has 0 radical (unpaired) electrons. The molecule has 0 aliphatic carbocycles. The zero-order valence-corrected chi connectivity index (χ0v) is 7.47. The van der Waals surface area contributed by atoms with Crippen molar-refractivity contribution in [3.8, 4) is 0 Å². The number of nitrogens with zero attached hydrogens (tertiary/aromatic N) is 1. The van der Waals surface area contributed by atoms with Gasteiger partial charge in [0.1, 0.15) is 0 Å². The fourth-order valence-corrected chi connectivity index (χ4v) is 1.67. The monoisotopic (exact) mass is 186 g/mol. The van der Waals surface area contributed by atoms with Crippen LogP contribution in [0.1, 0.15) is 9.75 Å². The minimum absolute atomic E-state index is 0.161. The quantitative estimate of drug-likeness (QED) is 0.540. The molecular weight excluding hydrogens is 176 g/mol. The minimum atomic E-state index is -0.832. The number of carbonyl (C=O) groups is 1. The van der Waals surface area contributed by atoms with Crippen LogP contribution in [0.5, 0.6) is 0 Å². The average Bonchev–Trinajstić information content (AvgIpc) is 2.35. The van der Waals surface area contributed by atoms with Crippen LogP contribution in [0.15, 0.2) is 12.1 Å². The van der Waals surface area contributed by atoms with Gasteiger partial charge in [-0.15, -0.1) is 11.3 Å². The first-order valence-electron chi connectivity index (χ1n) is 3.41. The van der Waals surface area contributed by atoms with Crippen LogP contribution >= 0.6 is 11.3 Å². The van der Waals surface area contributed by atoms with Crippen molar-refractivity contribution in [1.29, 1.82) is 0 Å². The van der Waals surface area contributed by atoms with Crippen LogP contribution in [0.4, 0.5) is 4.79 Å². The van der Waals surface area contributed by atoms with Crippen LogP contribution in [0.25, 0.3) is 0 Å². The molecular formula is C7H10N2O2S. The first-order chi connectivity index (χ1) is 5.59. The molecule has 1 aromatic rings. The molecule has 4 nitrogen and oxygen atoms in total. The largest absolute Gasteiger partial charge is 0.350 e. The van der Waals surface area contributed by atoms with E-state index in [0.717, 1.165) is 9.75 Å². The van der Waals surface area contributed by atoms with Crippen LogP contribution in [0.3, 0.4) is 0 Å². The summed E-state index contributed by atoms with van der Waals surface area (Å²) in [6.45, 7) is 2.12. The predicted molar refractivity (Wildman–Crippen MR) is 46.0 cm³/mol. The van der Waals surface area contributed by atoms with Crippen molar-refractivity contribution >= 4 is 17.4 Å². The summed E-state index contributed by atoms with van der Waals surface area (Å²) in [6, 6.07) is 2.95. The molecule has 0 aromatic carbocycles. The number of primary amides is 1. The van der Waals surface area contributed by atoms with Crippen molar-refractivity contribution < 1.29 is 10.0 Å². The fourth-order valence-electron chi connectivity index (χ4n) is 0.796. The highest BCUT2D eigenvalue weighted by Gasteiger charge is 2.07. The molecule has 0 saturated carbocycles. The third kappa shape index (κ3) is 2.21. The zero-order chi connectivity index (χ0) is 9.14. The maximum Gasteiger partial charge on any atom is 0.338 e. The number of hydrogen-bond acceptors (Lipinski definition) is 3. The Labute approximate surface area is 74.2 Å². The third-order valence-corrected chi connectivity index (χ3v) is 2.34. The summed E-state index contributed by atoms with van der Waals surface area (Å²) in [5.41, 5.74) is 4.83. The highest BCUT2D eigenvalue weighted by atomic mass is 32.1. The van der Waals surface area contributed by atoms with Crippen LogP contribution in [0.2, 0.25) is 0 Å². The summed E-state index contributed by atoms with van der Waals surface area (Å²) in [7, 11) is 0. The number of aryl methyl sites for hydroxylation is 1. The van der Waals surface area contributed by atoms with Crippen LogP contribution in [-0.2, 0) is 6.54 Å². The number of hydrogen-bond donors (Lipinski definition) is 2. The summed E-state index contributed by atoms with van der Waals surface area (Å²) < 4.78 is 0. The van der Waals surface area contributed by atoms with Crippen molar-refractivity contribution in [2.75, 3.05) is 0 Å². The van der Waals surface area contributed by atoms with Crippen LogP contribution < -0.4 is 5.73 Å². The van der Waals surface area contributed by atoms with Crippen molar-refractivity contribution in [1.82, 2.24) is 5.06 Å². The van der Waals surface area contributed by atoms with Crippen molar-refractivity contribution in [2.24, 2.45) is 5.73 Å². The van der Waals surface area contributed by atoms with Gasteiger partial charge in [-0.2, -0.15) is 0 Å². The maximum atomic E-state index is 10.4. The number of rotatable bonds is 2. The van der Waals surface area contributed by atoms with Gasteiger partial charge in [-0.05, 0) is 19.1 Å². The Hall–Kier alpha value is -1.07. The Morgan fingerprint density at radius 1 is 1.75 bits per heavy atom. The van der Waals surface area contributed by atoms with Gasteiger partial charge in [0.05, 0.1) is 6.54 Å². The second kappa shape index (κ2) is 3.55. The first kappa shape index (κ1) is 9.02. The first-order valence-corrected chi connectivity index (χ1v) is 4.22. The van der Waals surface area contributed by atoms with Gasteiger partial charge in [-0.25, -0.2) is 9.86 Å². The molecule has 1 heterocycles. The zero-order valence-electron chi connectivity index (χ0n) is 6.65. The second-order valence-electron chi connectivity index (χ2n) is 2.41. The summed E-state index contributed by atoms with van der Waals surface area (Å²) in [5.74, 6) is 0. The Balaban J connectivity index is 2.58. The SMILES string of the molecule is Cc1ccc(CN(O)C(N)=O)s1. The van der Waals surface area contributed by atoms with Gasteiger partial charge < -0.3 is 5.73 Å². The van der Waals surface area contributed by atoms with Gasteiger partial charge in [0.2, 0.25) is 0 Å². The Morgan fingerprint density at radius 2 is 2.42 bits per heavy atom. The van der Waals surface area contributed by atoms with Crippen molar-refractivity contribution in [3.63, 3.8) is 0 Å². The van der Waals surface area contributed by atoms with E-state index in [1.807, 2.05) is 19.1 Å². The number of nitrogens with two attached hydrogens (primary N) is 1. The summed E-state index contributed by atoms with van der Waals surface area (Å²) in [6.07, 6.45) is 0. The van der Waals surface area contributed by atoms with Gasteiger partial charge in [0.15, 0.2) is 0 Å². The van der Waals surface area contributed by atoms with Crippen LogP contribution in [-0.4, -0.2) is 16.3 Å². The second-order valence-corrected chi connectivity index (χ2v) is 3.78. The number of urea groups is 1. The molecule has 0 unspecified atom stereocenters. The highest BCUT2D eigenvalue weighted by molar-refractivity contribution is 7.11. The normalized spacial score (nSPS) is 9.83. The van der Waals surface area contributed by atoms with E-state index in [1.54, 1.807) is 0 Å². The van der Waals surface area contributed by atoms with E-state index in [9.17, 15) is 4.79 Å². The van der Waals surface area contributed by atoms with Gasteiger partial charge in [-0.1, -0.05) is 0 Å². The van der Waals surface area contributed by atoms with Gasteiger partial charge in [-0.3, -0.25) is 5.21 Å². The summed E-state index contributed by atoms with van der Waals surface area (Å²) >= 11 is 1.52. The lowest BCUT2D eigenvalue weighted by atomic mass is 10.4. The Bertz CT molecular complexity index is 285. The molecule has 1 rings (SSSR count). The van der Waals surface area contributed by atoms with Crippen molar-refractivity contribution in [2.45, 2.75) is 13.5 Å². The Kier molecular flexibility index (Phi) is 2.67. The lowest BCUT2D eigenvalue weighted by molar-refractivity contribution is -0.0462. The van der Waals surface area contributed by atoms with Crippen LogP contribution in [0, 0.1) is 6.92 Å². The van der Waals surface area contributed by atoms with Crippen molar-refractivity contribution in [3.05, 3.63) is 21.9 Å². The van der Waals surface area contributed by atoms with E-state index < -0.39 is 6.03 Å². The molecule has 0 aliphatic heterocycles. The lowest BCUT2D eigenvalue weighted by Gasteiger charge is -2.09. The molecule has 0 atom stereocenters. The minimum Gasteiger partial charge on any atom is -0.350 e. The molecule has 2 amide bonds. The molecule has 3 N–H and O–H groups in total. The van der Waals surface area contributed by atoms with E-state index in [-0.39, 0.29) is 6.54 Å². The molecule has 0 spiro atoms. The molecule has 0 aliphatic rings. The molecule has 0 fully saturated rings. The highest BCUT2D eigenvalue weighted by Crippen LogP contribution is 2.16. The molecule has 5 heteroatoms. The standard InChI is InChI=1S/C7H10N2O2S/c1-5-2-3-6(12-5)4-9(11)7(8)10/h2-3,11H,4H2,1H3,(H2,8,10). The van der Waals surface area contributed by atoms with Gasteiger partial charge in [0.25, 0.3) is 0 Å². The maximum absolute atomic E-state index is 10.4. The molecule has 0 bridgehead atoms. The predicted octanol–water partition coefficient (Wildman–Crippen LogP) is 1.33. The topological polar surface area (TPSA) is 66.6 Å². The molecule has 12 heavy (non-hydrogen) atoms. The van der Waals surface area contributed by atoms with Gasteiger partial charge in [0, 0.05) is 9.75 Å². The number of amides is 2. The summed E-state index contributed by atoms with van der Waals surface area (Å²) in [4.78, 5) is 12.5. The number of hydroxylamine groups is 2. The van der Waals surface area contributed by atoms with E-state index in [2.05, 4.69) is 0 Å². The number of thiophene rings is 1. The average molecular weight is 186 g/mol. The molecule has 66 valence electrons.